The number of carbonyl (C=O) groups is 4. The lowest BCUT2D eigenvalue weighted by molar-refractivity contribution is -0.156. The number of amides is 4. The van der Waals surface area contributed by atoms with Gasteiger partial charge < -0.3 is 15.0 Å². The SMILES string of the molecule is C[C@]12CCC(=O)N1[C@@H](C(=O)OCC(=O)NC(=O)Nc1ccccc1F)CS2. The second kappa shape index (κ2) is 7.55. The molecule has 2 heterocycles. The number of halogens is 1. The first-order valence-electron chi connectivity index (χ1n) is 8.28. The molecule has 2 atom stereocenters. The third-order valence-electron chi connectivity index (χ3n) is 4.44. The number of carbonyl (C=O) groups excluding carboxylic acids is 4. The molecule has 1 aromatic rings. The van der Waals surface area contributed by atoms with Gasteiger partial charge in [0.15, 0.2) is 6.61 Å². The molecule has 0 aliphatic carbocycles. The average molecular weight is 395 g/mol. The van der Waals surface area contributed by atoms with Crippen LogP contribution in [0.4, 0.5) is 14.9 Å². The Hall–Kier alpha value is -2.62. The van der Waals surface area contributed by atoms with Crippen molar-refractivity contribution in [2.24, 2.45) is 0 Å². The maximum absolute atomic E-state index is 13.5. The standard InChI is InChI=1S/C17H18FN3O5S/c1-17-7-6-14(23)21(17)12(9-27-17)15(24)26-8-13(22)20-16(25)19-11-5-3-2-4-10(11)18/h2-5,12H,6-9H2,1H3,(H2,19,20,22,25)/t12-,17+/m1/s1. The number of para-hydroxylation sites is 1. The second-order valence-corrected chi connectivity index (χ2v) is 7.86. The molecule has 0 spiro atoms. The van der Waals surface area contributed by atoms with Gasteiger partial charge in [0.25, 0.3) is 5.91 Å². The molecule has 2 aliphatic rings. The largest absolute Gasteiger partial charge is 0.454 e. The first-order valence-corrected chi connectivity index (χ1v) is 9.27. The fourth-order valence-corrected chi connectivity index (χ4v) is 4.52. The van der Waals surface area contributed by atoms with Crippen LogP contribution in [0.1, 0.15) is 19.8 Å². The van der Waals surface area contributed by atoms with E-state index < -0.39 is 41.2 Å². The van der Waals surface area contributed by atoms with Crippen molar-refractivity contribution < 1.29 is 28.3 Å². The van der Waals surface area contributed by atoms with E-state index in [0.717, 1.165) is 6.07 Å². The number of esters is 1. The fourth-order valence-electron chi connectivity index (χ4n) is 3.11. The Kier molecular flexibility index (Phi) is 5.36. The first-order chi connectivity index (χ1) is 12.8. The van der Waals surface area contributed by atoms with Gasteiger partial charge in [-0.05, 0) is 25.5 Å². The second-order valence-electron chi connectivity index (χ2n) is 6.36. The molecule has 3 rings (SSSR count). The molecule has 2 fully saturated rings. The number of nitrogens with one attached hydrogen (secondary N) is 2. The van der Waals surface area contributed by atoms with Crippen LogP contribution in [0.5, 0.6) is 0 Å². The van der Waals surface area contributed by atoms with Crippen molar-refractivity contribution in [3.8, 4) is 0 Å². The highest BCUT2D eigenvalue weighted by molar-refractivity contribution is 8.01. The zero-order valence-corrected chi connectivity index (χ0v) is 15.3. The van der Waals surface area contributed by atoms with E-state index in [2.05, 4.69) is 5.32 Å². The molecule has 2 N–H and O–H groups in total. The van der Waals surface area contributed by atoms with Gasteiger partial charge in [-0.15, -0.1) is 11.8 Å². The van der Waals surface area contributed by atoms with Crippen LogP contribution in [0.3, 0.4) is 0 Å². The van der Waals surface area contributed by atoms with E-state index in [9.17, 15) is 23.6 Å². The van der Waals surface area contributed by atoms with Crippen molar-refractivity contribution in [2.45, 2.75) is 30.7 Å². The van der Waals surface area contributed by atoms with Crippen molar-refractivity contribution in [2.75, 3.05) is 17.7 Å². The Labute approximate surface area is 158 Å². The Balaban J connectivity index is 1.48. The van der Waals surface area contributed by atoms with Gasteiger partial charge in [-0.25, -0.2) is 14.0 Å². The molecule has 0 saturated carbocycles. The summed E-state index contributed by atoms with van der Waals surface area (Å²) in [7, 11) is 0. The summed E-state index contributed by atoms with van der Waals surface area (Å²) in [6, 6.07) is 3.79. The number of urea groups is 1. The quantitative estimate of drug-likeness (QED) is 0.748. The Bertz CT molecular complexity index is 805. The molecule has 0 aromatic heterocycles. The lowest BCUT2D eigenvalue weighted by atomic mass is 10.2. The highest BCUT2D eigenvalue weighted by Gasteiger charge is 2.53. The number of imide groups is 1. The lowest BCUT2D eigenvalue weighted by Crippen LogP contribution is -2.47. The fraction of sp³-hybridized carbons (Fsp3) is 0.412. The van der Waals surface area contributed by atoms with Crippen LogP contribution >= 0.6 is 11.8 Å². The van der Waals surface area contributed by atoms with Crippen LogP contribution in [0.25, 0.3) is 0 Å². The van der Waals surface area contributed by atoms with Crippen LogP contribution in [-0.4, -0.2) is 52.0 Å². The number of hydrogen-bond donors (Lipinski definition) is 2. The Morgan fingerprint density at radius 3 is 2.85 bits per heavy atom. The van der Waals surface area contributed by atoms with Crippen molar-refractivity contribution in [1.29, 1.82) is 0 Å². The van der Waals surface area contributed by atoms with Gasteiger partial charge in [-0.2, -0.15) is 0 Å². The molecule has 1 aromatic carbocycles. The predicted molar refractivity (Wildman–Crippen MR) is 95.3 cm³/mol. The number of fused-ring (bicyclic) bond motifs is 1. The third-order valence-corrected chi connectivity index (χ3v) is 5.94. The molecular weight excluding hydrogens is 377 g/mol. The van der Waals surface area contributed by atoms with E-state index in [1.54, 1.807) is 0 Å². The number of benzene rings is 1. The molecule has 8 nitrogen and oxygen atoms in total. The van der Waals surface area contributed by atoms with Crippen molar-refractivity contribution in [3.05, 3.63) is 30.1 Å². The van der Waals surface area contributed by atoms with Crippen LogP contribution in [-0.2, 0) is 19.1 Å². The van der Waals surface area contributed by atoms with E-state index in [-0.39, 0.29) is 11.6 Å². The highest BCUT2D eigenvalue weighted by atomic mass is 32.2. The van der Waals surface area contributed by atoms with Gasteiger partial charge in [-0.1, -0.05) is 12.1 Å². The summed E-state index contributed by atoms with van der Waals surface area (Å²) < 4.78 is 18.4. The summed E-state index contributed by atoms with van der Waals surface area (Å²) in [5.41, 5.74) is -0.0883. The number of thioether (sulfide) groups is 1. The van der Waals surface area contributed by atoms with Crippen molar-refractivity contribution in [1.82, 2.24) is 10.2 Å². The summed E-state index contributed by atoms with van der Waals surface area (Å²) in [6.45, 7) is 1.22. The Morgan fingerprint density at radius 1 is 1.37 bits per heavy atom. The minimum Gasteiger partial charge on any atom is -0.454 e. The first kappa shape index (κ1) is 19.2. The molecule has 0 radical (unpaired) electrons. The van der Waals surface area contributed by atoms with E-state index in [1.165, 1.54) is 34.9 Å². The summed E-state index contributed by atoms with van der Waals surface area (Å²) in [6.07, 6.45) is 1.04. The van der Waals surface area contributed by atoms with Crippen LogP contribution in [0.2, 0.25) is 0 Å². The molecule has 4 amide bonds. The highest BCUT2D eigenvalue weighted by Crippen LogP contribution is 2.47. The number of anilines is 1. The zero-order chi connectivity index (χ0) is 19.6. The predicted octanol–water partition coefficient (Wildman–Crippen LogP) is 1.47. The maximum Gasteiger partial charge on any atom is 0.330 e. The van der Waals surface area contributed by atoms with Gasteiger partial charge >= 0.3 is 12.0 Å². The molecule has 2 aliphatic heterocycles. The van der Waals surface area contributed by atoms with Gasteiger partial charge in [-0.3, -0.25) is 14.9 Å². The van der Waals surface area contributed by atoms with E-state index in [1.807, 2.05) is 12.2 Å². The van der Waals surface area contributed by atoms with Crippen LogP contribution < -0.4 is 10.6 Å². The molecular formula is C17H18FN3O5S. The van der Waals surface area contributed by atoms with Gasteiger partial charge in [0, 0.05) is 12.2 Å². The average Bonchev–Trinajstić information content (AvgIpc) is 3.11. The van der Waals surface area contributed by atoms with E-state index in [0.29, 0.717) is 18.6 Å². The van der Waals surface area contributed by atoms with Gasteiger partial charge in [0.2, 0.25) is 5.91 Å². The molecule has 144 valence electrons. The topological polar surface area (TPSA) is 105 Å². The monoisotopic (exact) mass is 395 g/mol. The summed E-state index contributed by atoms with van der Waals surface area (Å²) in [5, 5.41) is 4.13. The smallest absolute Gasteiger partial charge is 0.330 e. The number of hydrogen-bond acceptors (Lipinski definition) is 6. The molecule has 0 bridgehead atoms. The molecule has 27 heavy (non-hydrogen) atoms. The summed E-state index contributed by atoms with van der Waals surface area (Å²) in [4.78, 5) is 48.8. The number of ether oxygens (including phenoxy) is 1. The molecule has 10 heteroatoms. The number of nitrogens with zero attached hydrogens (tertiary/aromatic N) is 1. The van der Waals surface area contributed by atoms with Crippen LogP contribution in [0.15, 0.2) is 24.3 Å². The van der Waals surface area contributed by atoms with Gasteiger partial charge in [0.05, 0.1) is 10.6 Å². The summed E-state index contributed by atoms with van der Waals surface area (Å²) in [5.74, 6) is -1.91. The minimum atomic E-state index is -0.945. The normalized spacial score (nSPS) is 23.7. The van der Waals surface area contributed by atoms with Gasteiger partial charge in [0.1, 0.15) is 11.9 Å². The van der Waals surface area contributed by atoms with E-state index >= 15 is 0 Å². The molecule has 2 saturated heterocycles. The maximum atomic E-state index is 13.5. The van der Waals surface area contributed by atoms with Crippen LogP contribution in [0, 0.1) is 5.82 Å². The van der Waals surface area contributed by atoms with Crippen molar-refractivity contribution >= 4 is 41.3 Å². The zero-order valence-electron chi connectivity index (χ0n) is 14.5. The lowest BCUT2D eigenvalue weighted by Gasteiger charge is -2.29. The third kappa shape index (κ3) is 4.05. The number of rotatable bonds is 4. The Morgan fingerprint density at radius 2 is 2.11 bits per heavy atom. The van der Waals surface area contributed by atoms with E-state index in [4.69, 9.17) is 4.74 Å². The molecule has 0 unspecified atom stereocenters. The minimum absolute atomic E-state index is 0.0883. The van der Waals surface area contributed by atoms with Crippen molar-refractivity contribution in [3.63, 3.8) is 0 Å². The summed E-state index contributed by atoms with van der Waals surface area (Å²) >= 11 is 1.51.